The first-order valence-corrected chi connectivity index (χ1v) is 5.77. The highest BCUT2D eigenvalue weighted by atomic mass is 19.3. The van der Waals surface area contributed by atoms with Crippen molar-refractivity contribution in [3.63, 3.8) is 0 Å². The molecule has 2 N–H and O–H groups in total. The zero-order chi connectivity index (χ0) is 13.5. The van der Waals surface area contributed by atoms with Gasteiger partial charge in [-0.1, -0.05) is 6.92 Å². The van der Waals surface area contributed by atoms with Gasteiger partial charge in [0.15, 0.2) is 0 Å². The minimum atomic E-state index is -2.35. The van der Waals surface area contributed by atoms with Crippen LogP contribution in [0.5, 0.6) is 0 Å². The van der Waals surface area contributed by atoms with Crippen LogP contribution in [0, 0.1) is 0 Å². The standard InChI is InChI=1S/C11H22F2N2O2/c1-4-11(14-2,10(16)17)6-5-7-15(3)8-9(12)13/h9,14H,4-8H2,1-3H3,(H,16,17). The van der Waals surface area contributed by atoms with Crippen LogP contribution in [0.1, 0.15) is 26.2 Å². The number of halogens is 2. The summed E-state index contributed by atoms with van der Waals surface area (Å²) in [5, 5.41) is 12.0. The van der Waals surface area contributed by atoms with E-state index in [0.29, 0.717) is 25.8 Å². The molecule has 0 aromatic rings. The summed E-state index contributed by atoms with van der Waals surface area (Å²) >= 11 is 0. The second-order valence-electron chi connectivity index (χ2n) is 4.25. The number of alkyl halides is 2. The summed E-state index contributed by atoms with van der Waals surface area (Å²) in [5.41, 5.74) is -0.939. The minimum absolute atomic E-state index is 0.272. The van der Waals surface area contributed by atoms with E-state index in [1.807, 2.05) is 0 Å². The lowest BCUT2D eigenvalue weighted by Gasteiger charge is -2.28. The first kappa shape index (κ1) is 16.2. The molecule has 0 radical (unpaired) electrons. The molecule has 0 aliphatic rings. The molecule has 0 bridgehead atoms. The van der Waals surface area contributed by atoms with Crippen LogP contribution in [0.25, 0.3) is 0 Å². The Hall–Kier alpha value is -0.750. The average Bonchev–Trinajstić information content (AvgIpc) is 2.23. The molecule has 0 saturated heterocycles. The molecule has 17 heavy (non-hydrogen) atoms. The molecule has 102 valence electrons. The molecule has 0 aliphatic carbocycles. The Morgan fingerprint density at radius 3 is 2.47 bits per heavy atom. The third-order valence-electron chi connectivity index (χ3n) is 3.08. The first-order chi connectivity index (χ1) is 7.88. The van der Waals surface area contributed by atoms with Gasteiger partial charge >= 0.3 is 5.97 Å². The number of aliphatic carboxylic acids is 1. The van der Waals surface area contributed by atoms with E-state index >= 15 is 0 Å². The first-order valence-electron chi connectivity index (χ1n) is 5.77. The smallest absolute Gasteiger partial charge is 0.323 e. The molecule has 0 heterocycles. The van der Waals surface area contributed by atoms with E-state index in [-0.39, 0.29) is 6.54 Å². The third-order valence-corrected chi connectivity index (χ3v) is 3.08. The predicted octanol–water partition coefficient (Wildman–Crippen LogP) is 1.42. The van der Waals surface area contributed by atoms with E-state index < -0.39 is 17.9 Å². The van der Waals surface area contributed by atoms with Gasteiger partial charge in [0, 0.05) is 0 Å². The number of carbonyl (C=O) groups is 1. The molecule has 0 rings (SSSR count). The zero-order valence-corrected chi connectivity index (χ0v) is 10.7. The molecule has 4 nitrogen and oxygen atoms in total. The van der Waals surface area contributed by atoms with Crippen molar-refractivity contribution >= 4 is 5.97 Å². The fourth-order valence-corrected chi connectivity index (χ4v) is 1.82. The monoisotopic (exact) mass is 252 g/mol. The lowest BCUT2D eigenvalue weighted by molar-refractivity contribution is -0.145. The normalized spacial score (nSPS) is 15.2. The van der Waals surface area contributed by atoms with Crippen LogP contribution in [0.2, 0.25) is 0 Å². The maximum absolute atomic E-state index is 12.1. The molecular weight excluding hydrogens is 230 g/mol. The highest BCUT2D eigenvalue weighted by Gasteiger charge is 2.34. The van der Waals surface area contributed by atoms with Crippen molar-refractivity contribution in [1.29, 1.82) is 0 Å². The summed E-state index contributed by atoms with van der Waals surface area (Å²) in [7, 11) is 3.22. The van der Waals surface area contributed by atoms with Gasteiger partial charge in [-0.3, -0.25) is 4.79 Å². The van der Waals surface area contributed by atoms with Crippen LogP contribution in [-0.2, 0) is 4.79 Å². The fourth-order valence-electron chi connectivity index (χ4n) is 1.82. The van der Waals surface area contributed by atoms with Gasteiger partial charge in [0.1, 0.15) is 5.54 Å². The van der Waals surface area contributed by atoms with E-state index in [0.717, 1.165) is 0 Å². The van der Waals surface area contributed by atoms with Crippen LogP contribution in [0.4, 0.5) is 8.78 Å². The minimum Gasteiger partial charge on any atom is -0.480 e. The Bertz CT molecular complexity index is 234. The second kappa shape index (κ2) is 7.55. The molecule has 1 unspecified atom stereocenters. The van der Waals surface area contributed by atoms with Crippen molar-refractivity contribution in [3.8, 4) is 0 Å². The summed E-state index contributed by atoms with van der Waals surface area (Å²) < 4.78 is 24.1. The van der Waals surface area contributed by atoms with Crippen LogP contribution >= 0.6 is 0 Å². The van der Waals surface area contributed by atoms with Crippen LogP contribution in [0.15, 0.2) is 0 Å². The summed E-state index contributed by atoms with van der Waals surface area (Å²) in [6.07, 6.45) is -0.871. The van der Waals surface area contributed by atoms with E-state index in [2.05, 4.69) is 5.32 Å². The summed E-state index contributed by atoms with van der Waals surface area (Å²) in [5.74, 6) is -0.890. The van der Waals surface area contributed by atoms with Gasteiger partial charge < -0.3 is 15.3 Å². The maximum Gasteiger partial charge on any atom is 0.323 e. The number of carboxylic acid groups (broad SMARTS) is 1. The summed E-state index contributed by atoms with van der Waals surface area (Å²) in [6, 6.07) is 0. The Balaban J connectivity index is 4.11. The van der Waals surface area contributed by atoms with Crippen LogP contribution < -0.4 is 5.32 Å². The maximum atomic E-state index is 12.1. The van der Waals surface area contributed by atoms with Crippen molar-refractivity contribution in [3.05, 3.63) is 0 Å². The molecular formula is C11H22F2N2O2. The van der Waals surface area contributed by atoms with Crippen molar-refractivity contribution in [2.75, 3.05) is 27.2 Å². The Morgan fingerprint density at radius 2 is 2.12 bits per heavy atom. The molecule has 0 fully saturated rings. The number of nitrogens with one attached hydrogen (secondary N) is 1. The topological polar surface area (TPSA) is 52.6 Å². The van der Waals surface area contributed by atoms with Gasteiger partial charge in [0.25, 0.3) is 6.43 Å². The molecule has 0 aliphatic heterocycles. The summed E-state index contributed by atoms with van der Waals surface area (Å²) in [4.78, 5) is 12.7. The number of hydrogen-bond acceptors (Lipinski definition) is 3. The lowest BCUT2D eigenvalue weighted by atomic mass is 9.90. The second-order valence-corrected chi connectivity index (χ2v) is 4.25. The molecule has 0 saturated carbocycles. The third kappa shape index (κ3) is 5.41. The number of likely N-dealkylation sites (N-methyl/N-ethyl adjacent to an activating group) is 1. The number of carboxylic acids is 1. The van der Waals surface area contributed by atoms with E-state index in [4.69, 9.17) is 5.11 Å². The van der Waals surface area contributed by atoms with Gasteiger partial charge in [-0.25, -0.2) is 8.78 Å². The number of nitrogens with zero attached hydrogens (tertiary/aromatic N) is 1. The van der Waals surface area contributed by atoms with Gasteiger partial charge in [0.05, 0.1) is 6.54 Å². The average molecular weight is 252 g/mol. The Morgan fingerprint density at radius 1 is 1.53 bits per heavy atom. The fraction of sp³-hybridized carbons (Fsp3) is 0.909. The van der Waals surface area contributed by atoms with Crippen molar-refractivity contribution in [2.45, 2.75) is 38.2 Å². The molecule has 0 aromatic carbocycles. The van der Waals surface area contributed by atoms with Gasteiger partial charge in [-0.15, -0.1) is 0 Å². The largest absolute Gasteiger partial charge is 0.480 e. The predicted molar refractivity (Wildman–Crippen MR) is 62.5 cm³/mol. The Labute approximate surface area is 101 Å². The zero-order valence-electron chi connectivity index (χ0n) is 10.7. The van der Waals surface area contributed by atoms with E-state index in [1.54, 1.807) is 21.0 Å². The SMILES string of the molecule is CCC(CCCN(C)CC(F)F)(NC)C(=O)O. The lowest BCUT2D eigenvalue weighted by Crippen LogP contribution is -2.50. The van der Waals surface area contributed by atoms with E-state index in [1.165, 1.54) is 4.90 Å². The Kier molecular flexibility index (Phi) is 7.22. The molecule has 0 amide bonds. The van der Waals surface area contributed by atoms with Crippen LogP contribution in [0.3, 0.4) is 0 Å². The van der Waals surface area contributed by atoms with Gasteiger partial charge in [-0.2, -0.15) is 0 Å². The van der Waals surface area contributed by atoms with Gasteiger partial charge in [0.2, 0.25) is 0 Å². The molecule has 1 atom stereocenters. The molecule has 6 heteroatoms. The summed E-state index contributed by atoms with van der Waals surface area (Å²) in [6.45, 7) is 2.00. The van der Waals surface area contributed by atoms with Crippen molar-refractivity contribution < 1.29 is 18.7 Å². The van der Waals surface area contributed by atoms with Crippen molar-refractivity contribution in [2.24, 2.45) is 0 Å². The quantitative estimate of drug-likeness (QED) is 0.651. The number of hydrogen-bond donors (Lipinski definition) is 2. The highest BCUT2D eigenvalue weighted by Crippen LogP contribution is 2.17. The van der Waals surface area contributed by atoms with E-state index in [9.17, 15) is 13.6 Å². The number of rotatable bonds is 9. The highest BCUT2D eigenvalue weighted by molar-refractivity contribution is 5.78. The van der Waals surface area contributed by atoms with Crippen LogP contribution in [-0.4, -0.2) is 55.1 Å². The van der Waals surface area contributed by atoms with Crippen molar-refractivity contribution in [1.82, 2.24) is 10.2 Å². The molecule has 0 spiro atoms. The molecule has 0 aromatic heterocycles. The van der Waals surface area contributed by atoms with Gasteiger partial charge in [-0.05, 0) is 39.9 Å².